The van der Waals surface area contributed by atoms with Crippen molar-refractivity contribution in [2.24, 2.45) is 0 Å². The predicted octanol–water partition coefficient (Wildman–Crippen LogP) is 4.19. The maximum atomic E-state index is 10.8. The Bertz CT molecular complexity index is 837. The van der Waals surface area contributed by atoms with E-state index in [0.29, 0.717) is 27.1 Å². The molecule has 25 heavy (non-hydrogen) atoms. The number of ether oxygens (including phenoxy) is 2. The minimum Gasteiger partial charge on any atom is -0.493 e. The van der Waals surface area contributed by atoms with Gasteiger partial charge in [0.05, 0.1) is 21.4 Å². The summed E-state index contributed by atoms with van der Waals surface area (Å²) < 4.78 is 11.5. The molecule has 0 heterocycles. The minimum absolute atomic E-state index is 0.0209. The number of non-ortho nitro benzene ring substituents is 1. The van der Waals surface area contributed by atoms with E-state index in [9.17, 15) is 20.2 Å². The zero-order valence-corrected chi connectivity index (χ0v) is 14.6. The fraction of sp³-hybridized carbons (Fsp3) is 0.125. The summed E-state index contributed by atoms with van der Waals surface area (Å²) in [5.74, 6) is 0.773. The SMILES string of the molecule is COc1cc(C=C[N+](=O)[O-])cc(Br)c1OCc1cccc([N+](=O)[O-])c1. The maximum absolute atomic E-state index is 10.8. The number of nitrogens with zero attached hydrogens (tertiary/aromatic N) is 2. The van der Waals surface area contributed by atoms with Crippen LogP contribution in [-0.2, 0) is 6.61 Å². The number of hydrogen-bond acceptors (Lipinski definition) is 6. The molecule has 0 aliphatic rings. The number of hydrogen-bond donors (Lipinski definition) is 0. The smallest absolute Gasteiger partial charge is 0.269 e. The summed E-state index contributed by atoms with van der Waals surface area (Å²) in [6.45, 7) is 0.0979. The molecule has 0 aliphatic carbocycles. The predicted molar refractivity (Wildman–Crippen MR) is 94.2 cm³/mol. The molecule has 0 fully saturated rings. The molecule has 0 spiro atoms. The average Bonchev–Trinajstić information content (AvgIpc) is 2.58. The number of rotatable bonds is 7. The molecule has 0 N–H and O–H groups in total. The van der Waals surface area contributed by atoms with Crippen molar-refractivity contribution < 1.29 is 19.3 Å². The zero-order chi connectivity index (χ0) is 18.4. The number of nitro benzene ring substituents is 1. The van der Waals surface area contributed by atoms with Crippen molar-refractivity contribution in [1.82, 2.24) is 0 Å². The second-order valence-electron chi connectivity index (χ2n) is 4.85. The third-order valence-electron chi connectivity index (χ3n) is 3.15. The number of halogens is 1. The highest BCUT2D eigenvalue weighted by atomic mass is 79.9. The fourth-order valence-corrected chi connectivity index (χ4v) is 2.61. The van der Waals surface area contributed by atoms with Crippen molar-refractivity contribution in [1.29, 1.82) is 0 Å². The standard InChI is InChI=1S/C16H13BrN2O6/c1-24-15-9-11(5-6-18(20)21)8-14(17)16(15)25-10-12-3-2-4-13(7-12)19(22)23/h2-9H,10H2,1H3. The second-order valence-corrected chi connectivity index (χ2v) is 5.71. The second kappa shape index (κ2) is 8.25. The molecule has 2 rings (SSSR count). The molecule has 8 nitrogen and oxygen atoms in total. The first-order chi connectivity index (χ1) is 11.9. The summed E-state index contributed by atoms with van der Waals surface area (Å²) in [5.41, 5.74) is 1.16. The number of benzene rings is 2. The minimum atomic E-state index is -0.562. The first kappa shape index (κ1) is 18.4. The highest BCUT2D eigenvalue weighted by Crippen LogP contribution is 2.37. The molecule has 130 valence electrons. The summed E-state index contributed by atoms with van der Waals surface area (Å²) in [6, 6.07) is 9.35. The van der Waals surface area contributed by atoms with Gasteiger partial charge in [0.15, 0.2) is 11.5 Å². The van der Waals surface area contributed by atoms with Crippen molar-refractivity contribution in [3.05, 3.63) is 78.4 Å². The Kier molecular flexibility index (Phi) is 6.07. The highest BCUT2D eigenvalue weighted by molar-refractivity contribution is 9.10. The van der Waals surface area contributed by atoms with Crippen molar-refractivity contribution in [2.45, 2.75) is 6.61 Å². The van der Waals surface area contributed by atoms with Crippen LogP contribution in [0.25, 0.3) is 6.08 Å². The van der Waals surface area contributed by atoms with Gasteiger partial charge >= 0.3 is 0 Å². The van der Waals surface area contributed by atoms with Gasteiger partial charge in [0, 0.05) is 18.2 Å². The highest BCUT2D eigenvalue weighted by Gasteiger charge is 2.13. The number of methoxy groups -OCH3 is 1. The van der Waals surface area contributed by atoms with Gasteiger partial charge in [-0.1, -0.05) is 12.1 Å². The van der Waals surface area contributed by atoms with E-state index in [0.717, 1.165) is 6.20 Å². The van der Waals surface area contributed by atoms with Crippen LogP contribution in [0.3, 0.4) is 0 Å². The lowest BCUT2D eigenvalue weighted by Crippen LogP contribution is -2.00. The molecular formula is C16H13BrN2O6. The van der Waals surface area contributed by atoms with Gasteiger partial charge in [0.1, 0.15) is 6.61 Å². The summed E-state index contributed by atoms with van der Waals surface area (Å²) >= 11 is 3.34. The lowest BCUT2D eigenvalue weighted by Gasteiger charge is -2.13. The molecule has 0 aliphatic heterocycles. The van der Waals surface area contributed by atoms with Gasteiger partial charge in [-0.3, -0.25) is 20.2 Å². The van der Waals surface area contributed by atoms with E-state index >= 15 is 0 Å². The molecule has 0 saturated heterocycles. The van der Waals surface area contributed by atoms with Crippen LogP contribution < -0.4 is 9.47 Å². The van der Waals surface area contributed by atoms with Crippen LogP contribution in [0.1, 0.15) is 11.1 Å². The van der Waals surface area contributed by atoms with Crippen molar-refractivity contribution in [3.8, 4) is 11.5 Å². The molecular weight excluding hydrogens is 396 g/mol. The molecule has 0 unspecified atom stereocenters. The summed E-state index contributed by atoms with van der Waals surface area (Å²) in [5, 5.41) is 21.2. The Morgan fingerprint density at radius 2 is 1.96 bits per heavy atom. The van der Waals surface area contributed by atoms with E-state index in [-0.39, 0.29) is 12.3 Å². The third kappa shape index (κ3) is 5.01. The van der Waals surface area contributed by atoms with Crippen molar-refractivity contribution >= 4 is 27.7 Å². The lowest BCUT2D eigenvalue weighted by molar-refractivity contribution is -0.400. The lowest BCUT2D eigenvalue weighted by atomic mass is 10.2. The van der Waals surface area contributed by atoms with Gasteiger partial charge in [-0.25, -0.2) is 0 Å². The Labute approximate surface area is 151 Å². The molecule has 0 amide bonds. The molecule has 2 aromatic carbocycles. The van der Waals surface area contributed by atoms with Crippen LogP contribution in [0.4, 0.5) is 5.69 Å². The summed E-state index contributed by atoms with van der Waals surface area (Å²) in [7, 11) is 1.45. The van der Waals surface area contributed by atoms with Gasteiger partial charge < -0.3 is 9.47 Å². The Balaban J connectivity index is 2.23. The molecule has 0 atom stereocenters. The first-order valence-electron chi connectivity index (χ1n) is 6.96. The van der Waals surface area contributed by atoms with E-state index in [1.54, 1.807) is 24.3 Å². The molecule has 2 aromatic rings. The van der Waals surface area contributed by atoms with Gasteiger partial charge in [0.2, 0.25) is 6.20 Å². The maximum Gasteiger partial charge on any atom is 0.269 e. The van der Waals surface area contributed by atoms with E-state index in [4.69, 9.17) is 9.47 Å². The monoisotopic (exact) mass is 408 g/mol. The molecule has 0 aromatic heterocycles. The quantitative estimate of drug-likeness (QED) is 0.502. The van der Waals surface area contributed by atoms with Gasteiger partial charge in [0.25, 0.3) is 5.69 Å². The summed E-state index contributed by atoms with van der Waals surface area (Å²) in [4.78, 5) is 20.2. The summed E-state index contributed by atoms with van der Waals surface area (Å²) in [6.07, 6.45) is 2.16. The van der Waals surface area contributed by atoms with Crippen LogP contribution in [0.2, 0.25) is 0 Å². The topological polar surface area (TPSA) is 105 Å². The van der Waals surface area contributed by atoms with E-state index in [1.807, 2.05) is 0 Å². The number of nitro groups is 2. The molecule has 0 bridgehead atoms. The molecule has 0 radical (unpaired) electrons. The van der Waals surface area contributed by atoms with Gasteiger partial charge in [-0.05, 0) is 39.2 Å². The van der Waals surface area contributed by atoms with E-state index in [1.165, 1.54) is 25.3 Å². The largest absolute Gasteiger partial charge is 0.493 e. The van der Waals surface area contributed by atoms with Crippen molar-refractivity contribution in [2.75, 3.05) is 7.11 Å². The normalized spacial score (nSPS) is 10.6. The van der Waals surface area contributed by atoms with Crippen LogP contribution in [0.15, 0.2) is 47.1 Å². The van der Waals surface area contributed by atoms with Crippen LogP contribution in [0.5, 0.6) is 11.5 Å². The van der Waals surface area contributed by atoms with Crippen molar-refractivity contribution in [3.63, 3.8) is 0 Å². The van der Waals surface area contributed by atoms with Crippen LogP contribution >= 0.6 is 15.9 Å². The van der Waals surface area contributed by atoms with Gasteiger partial charge in [-0.15, -0.1) is 0 Å². The average molecular weight is 409 g/mol. The van der Waals surface area contributed by atoms with Crippen LogP contribution in [0, 0.1) is 20.2 Å². The molecule has 0 saturated carbocycles. The Hall–Kier alpha value is -2.94. The molecule has 9 heteroatoms. The van der Waals surface area contributed by atoms with Crippen LogP contribution in [-0.4, -0.2) is 17.0 Å². The van der Waals surface area contributed by atoms with Gasteiger partial charge in [-0.2, -0.15) is 0 Å². The zero-order valence-electron chi connectivity index (χ0n) is 13.0. The Morgan fingerprint density at radius 1 is 1.20 bits per heavy atom. The van der Waals surface area contributed by atoms with E-state index in [2.05, 4.69) is 15.9 Å². The fourth-order valence-electron chi connectivity index (χ4n) is 2.04. The first-order valence-corrected chi connectivity index (χ1v) is 7.75. The third-order valence-corrected chi connectivity index (χ3v) is 3.73. The Morgan fingerprint density at radius 3 is 2.60 bits per heavy atom. The van der Waals surface area contributed by atoms with E-state index < -0.39 is 9.85 Å².